The van der Waals surface area contributed by atoms with Crippen molar-refractivity contribution in [2.24, 2.45) is 7.05 Å². The third kappa shape index (κ3) is 3.89. The van der Waals surface area contributed by atoms with Crippen molar-refractivity contribution in [2.45, 2.75) is 0 Å². The summed E-state index contributed by atoms with van der Waals surface area (Å²) in [7, 11) is -1.79. The average Bonchev–Trinajstić information content (AvgIpc) is 2.76. The topological polar surface area (TPSA) is 99.2 Å². The number of sulfonamides is 1. The van der Waals surface area contributed by atoms with Crippen LogP contribution in [0.4, 0.5) is 11.5 Å². The summed E-state index contributed by atoms with van der Waals surface area (Å²) >= 11 is 0. The highest BCUT2D eigenvalue weighted by atomic mass is 32.2. The normalized spacial score (nSPS) is 11.2. The first kappa shape index (κ1) is 14.2. The van der Waals surface area contributed by atoms with Crippen LogP contribution in [0.15, 0.2) is 36.5 Å². The van der Waals surface area contributed by atoms with E-state index in [2.05, 4.69) is 9.82 Å². The summed E-state index contributed by atoms with van der Waals surface area (Å²) in [4.78, 5) is 0. The molecule has 0 aliphatic rings. The first-order chi connectivity index (χ1) is 9.46. The number of anilines is 2. The fraction of sp³-hybridized carbons (Fsp3) is 0.250. The van der Waals surface area contributed by atoms with E-state index in [-0.39, 0.29) is 18.2 Å². The number of ether oxygens (including phenoxy) is 1. The fourth-order valence-electron chi connectivity index (χ4n) is 1.55. The van der Waals surface area contributed by atoms with Gasteiger partial charge >= 0.3 is 0 Å². The van der Waals surface area contributed by atoms with Gasteiger partial charge in [-0.2, -0.15) is 5.10 Å². The number of hydrogen-bond donors (Lipinski definition) is 2. The Hall–Kier alpha value is -2.22. The highest BCUT2D eigenvalue weighted by Gasteiger charge is 2.12. The molecule has 108 valence electrons. The van der Waals surface area contributed by atoms with Crippen LogP contribution in [-0.2, 0) is 17.1 Å². The Morgan fingerprint density at radius 2 is 2.10 bits per heavy atom. The number of benzene rings is 1. The number of aromatic nitrogens is 2. The third-order valence-corrected chi connectivity index (χ3v) is 3.73. The second-order valence-electron chi connectivity index (χ2n) is 4.18. The molecule has 0 saturated heterocycles. The van der Waals surface area contributed by atoms with E-state index < -0.39 is 10.0 Å². The summed E-state index contributed by atoms with van der Waals surface area (Å²) in [5.74, 6) is 0.574. The number of nitrogens with one attached hydrogen (secondary N) is 1. The van der Waals surface area contributed by atoms with Crippen LogP contribution in [0.1, 0.15) is 0 Å². The van der Waals surface area contributed by atoms with Crippen LogP contribution >= 0.6 is 0 Å². The highest BCUT2D eigenvalue weighted by molar-refractivity contribution is 7.92. The van der Waals surface area contributed by atoms with Crippen LogP contribution in [0.2, 0.25) is 0 Å². The molecule has 3 N–H and O–H groups in total. The van der Waals surface area contributed by atoms with Gasteiger partial charge in [-0.25, -0.2) is 8.42 Å². The first-order valence-electron chi connectivity index (χ1n) is 5.94. The Bertz CT molecular complexity index is 682. The SMILES string of the molecule is Cn1ccc(NS(=O)(=O)CCOc2ccccc2N)n1. The smallest absolute Gasteiger partial charge is 0.237 e. The van der Waals surface area contributed by atoms with E-state index in [1.54, 1.807) is 43.6 Å². The molecule has 0 aliphatic carbocycles. The van der Waals surface area contributed by atoms with Crippen molar-refractivity contribution in [3.63, 3.8) is 0 Å². The van der Waals surface area contributed by atoms with Gasteiger partial charge in [-0.3, -0.25) is 9.40 Å². The van der Waals surface area contributed by atoms with Crippen molar-refractivity contribution in [3.05, 3.63) is 36.5 Å². The lowest BCUT2D eigenvalue weighted by Crippen LogP contribution is -2.21. The van der Waals surface area contributed by atoms with Gasteiger partial charge in [-0.1, -0.05) is 12.1 Å². The maximum absolute atomic E-state index is 11.8. The van der Waals surface area contributed by atoms with E-state index in [0.29, 0.717) is 11.4 Å². The molecule has 20 heavy (non-hydrogen) atoms. The van der Waals surface area contributed by atoms with Gasteiger partial charge in [0.2, 0.25) is 10.0 Å². The van der Waals surface area contributed by atoms with E-state index >= 15 is 0 Å². The largest absolute Gasteiger partial charge is 0.490 e. The lowest BCUT2D eigenvalue weighted by Gasteiger charge is -2.09. The van der Waals surface area contributed by atoms with E-state index in [4.69, 9.17) is 10.5 Å². The minimum Gasteiger partial charge on any atom is -0.490 e. The zero-order valence-electron chi connectivity index (χ0n) is 11.0. The summed E-state index contributed by atoms with van der Waals surface area (Å²) < 4.78 is 32.9. The Morgan fingerprint density at radius 3 is 2.75 bits per heavy atom. The predicted octanol–water partition coefficient (Wildman–Crippen LogP) is 0.823. The molecule has 8 heteroatoms. The first-order valence-corrected chi connectivity index (χ1v) is 7.59. The summed E-state index contributed by atoms with van der Waals surface area (Å²) in [5.41, 5.74) is 6.17. The van der Waals surface area contributed by atoms with E-state index in [0.717, 1.165) is 0 Å². The zero-order valence-corrected chi connectivity index (χ0v) is 11.8. The van der Waals surface area contributed by atoms with Gasteiger partial charge in [0.15, 0.2) is 5.82 Å². The van der Waals surface area contributed by atoms with E-state index in [1.165, 1.54) is 4.68 Å². The Morgan fingerprint density at radius 1 is 1.35 bits per heavy atom. The maximum Gasteiger partial charge on any atom is 0.237 e. The van der Waals surface area contributed by atoms with Crippen LogP contribution in [0.25, 0.3) is 0 Å². The number of aryl methyl sites for hydroxylation is 1. The van der Waals surface area contributed by atoms with Gasteiger partial charge in [0.1, 0.15) is 18.1 Å². The van der Waals surface area contributed by atoms with Crippen LogP contribution in [0, 0.1) is 0 Å². The molecule has 0 saturated carbocycles. The molecular weight excluding hydrogens is 280 g/mol. The maximum atomic E-state index is 11.8. The summed E-state index contributed by atoms with van der Waals surface area (Å²) in [6.07, 6.45) is 1.65. The molecule has 1 heterocycles. The monoisotopic (exact) mass is 296 g/mol. The van der Waals surface area contributed by atoms with Crippen molar-refractivity contribution in [2.75, 3.05) is 22.8 Å². The molecule has 7 nitrogen and oxygen atoms in total. The molecule has 0 bridgehead atoms. The van der Waals surface area contributed by atoms with E-state index in [1.807, 2.05) is 0 Å². The second-order valence-corrected chi connectivity index (χ2v) is 6.02. The summed E-state index contributed by atoms with van der Waals surface area (Å²) in [5, 5.41) is 3.94. The zero-order chi connectivity index (χ0) is 14.6. The molecule has 0 unspecified atom stereocenters. The molecule has 0 aliphatic heterocycles. The molecule has 2 rings (SSSR count). The standard InChI is InChI=1S/C12H16N4O3S/c1-16-7-6-12(14-16)15-20(17,18)9-8-19-11-5-3-2-4-10(11)13/h2-7H,8-9,13H2,1H3,(H,14,15). The molecule has 0 radical (unpaired) electrons. The average molecular weight is 296 g/mol. The number of nitrogens with two attached hydrogens (primary N) is 1. The van der Waals surface area contributed by atoms with Gasteiger partial charge in [0.05, 0.1) is 5.69 Å². The van der Waals surface area contributed by atoms with Crippen molar-refractivity contribution in [3.8, 4) is 5.75 Å². The third-order valence-electron chi connectivity index (χ3n) is 2.50. The summed E-state index contributed by atoms with van der Waals surface area (Å²) in [6, 6.07) is 8.51. The van der Waals surface area contributed by atoms with Crippen molar-refractivity contribution in [1.82, 2.24) is 9.78 Å². The number of para-hydroxylation sites is 2. The Kier molecular flexibility index (Phi) is 4.14. The lowest BCUT2D eigenvalue weighted by molar-refractivity contribution is 0.343. The summed E-state index contributed by atoms with van der Waals surface area (Å²) in [6.45, 7) is 0.0103. The number of rotatable bonds is 6. The van der Waals surface area contributed by atoms with E-state index in [9.17, 15) is 8.42 Å². The van der Waals surface area contributed by atoms with Gasteiger partial charge < -0.3 is 10.5 Å². The van der Waals surface area contributed by atoms with Gasteiger partial charge in [-0.05, 0) is 12.1 Å². The molecule has 1 aromatic carbocycles. The molecule has 0 spiro atoms. The fourth-order valence-corrected chi connectivity index (χ4v) is 2.39. The predicted molar refractivity (Wildman–Crippen MR) is 77.0 cm³/mol. The van der Waals surface area contributed by atoms with Crippen LogP contribution < -0.4 is 15.2 Å². The number of hydrogen-bond acceptors (Lipinski definition) is 5. The minimum absolute atomic E-state index is 0.0103. The van der Waals surface area contributed by atoms with Crippen molar-refractivity contribution >= 4 is 21.5 Å². The minimum atomic E-state index is -3.50. The second kappa shape index (κ2) is 5.83. The molecule has 0 atom stereocenters. The number of nitrogen functional groups attached to an aromatic ring is 1. The molecule has 1 aromatic heterocycles. The Balaban J connectivity index is 1.88. The van der Waals surface area contributed by atoms with Crippen LogP contribution in [0.5, 0.6) is 5.75 Å². The van der Waals surface area contributed by atoms with Gasteiger partial charge in [-0.15, -0.1) is 0 Å². The molecular formula is C12H16N4O3S. The van der Waals surface area contributed by atoms with Crippen molar-refractivity contribution < 1.29 is 13.2 Å². The lowest BCUT2D eigenvalue weighted by atomic mass is 10.3. The van der Waals surface area contributed by atoms with Gasteiger partial charge in [0.25, 0.3) is 0 Å². The molecule has 0 fully saturated rings. The number of nitrogens with zero attached hydrogens (tertiary/aromatic N) is 2. The molecule has 2 aromatic rings. The highest BCUT2D eigenvalue weighted by Crippen LogP contribution is 2.19. The van der Waals surface area contributed by atoms with Gasteiger partial charge in [0, 0.05) is 19.3 Å². The Labute approximate surface area is 117 Å². The molecule has 0 amide bonds. The quantitative estimate of drug-likeness (QED) is 0.769. The van der Waals surface area contributed by atoms with Crippen LogP contribution in [-0.4, -0.2) is 30.6 Å². The van der Waals surface area contributed by atoms with Crippen LogP contribution in [0.3, 0.4) is 0 Å². The van der Waals surface area contributed by atoms with Crippen molar-refractivity contribution in [1.29, 1.82) is 0 Å².